The van der Waals surface area contributed by atoms with Gasteiger partial charge in [0.05, 0.1) is 36.1 Å². The van der Waals surface area contributed by atoms with E-state index in [-0.39, 0.29) is 18.0 Å². The summed E-state index contributed by atoms with van der Waals surface area (Å²) in [7, 11) is 0. The molecule has 1 saturated carbocycles. The van der Waals surface area contributed by atoms with Gasteiger partial charge in [-0.25, -0.2) is 4.98 Å². The van der Waals surface area contributed by atoms with Crippen LogP contribution in [0.2, 0.25) is 0 Å². The van der Waals surface area contributed by atoms with Crippen LogP contribution in [0.15, 0.2) is 11.5 Å². The Morgan fingerprint density at radius 3 is 2.88 bits per heavy atom. The summed E-state index contributed by atoms with van der Waals surface area (Å²) in [5.41, 5.74) is 0.797. The number of ether oxygens (including phenoxy) is 1. The van der Waals surface area contributed by atoms with Crippen LogP contribution in [0.25, 0.3) is 6.08 Å². The first kappa shape index (κ1) is 18.5. The Bertz CT molecular complexity index is 598. The smallest absolute Gasteiger partial charge is 0.244 e. The predicted octanol–water partition coefficient (Wildman–Crippen LogP) is 1.59. The van der Waals surface area contributed by atoms with Crippen LogP contribution < -0.4 is 5.32 Å². The molecule has 2 aliphatic rings. The standard InChI is InChI=1S/C18H27N3O3S/c1-13-19-14(12-25-13)6-7-17(22)20-15-4-2-3-5-16(18(15)23)21-8-10-24-11-9-21/h6-7,12,15-16,18,23H,2-5,8-11H2,1H3,(H,20,22)/b7-6+/t15-,16-,18-/m1/s1. The number of amides is 1. The van der Waals surface area contributed by atoms with Crippen LogP contribution in [0.4, 0.5) is 0 Å². The molecular formula is C18H27N3O3S. The molecule has 1 aliphatic heterocycles. The number of aliphatic hydroxyl groups excluding tert-OH is 1. The van der Waals surface area contributed by atoms with Gasteiger partial charge in [0.2, 0.25) is 5.91 Å². The van der Waals surface area contributed by atoms with E-state index in [0.29, 0.717) is 0 Å². The van der Waals surface area contributed by atoms with Crippen molar-refractivity contribution in [2.45, 2.75) is 50.8 Å². The molecule has 138 valence electrons. The predicted molar refractivity (Wildman–Crippen MR) is 98.5 cm³/mol. The molecule has 2 fully saturated rings. The van der Waals surface area contributed by atoms with Gasteiger partial charge in [0, 0.05) is 30.6 Å². The fourth-order valence-electron chi connectivity index (χ4n) is 3.64. The summed E-state index contributed by atoms with van der Waals surface area (Å²) in [6.45, 7) is 5.08. The molecule has 2 N–H and O–H groups in total. The molecule has 2 heterocycles. The van der Waals surface area contributed by atoms with Crippen LogP contribution in [-0.4, -0.2) is 65.4 Å². The van der Waals surface area contributed by atoms with E-state index in [0.717, 1.165) is 62.7 Å². The molecule has 0 aromatic carbocycles. The second-order valence-electron chi connectivity index (χ2n) is 6.73. The summed E-state index contributed by atoms with van der Waals surface area (Å²) >= 11 is 1.56. The molecule has 0 unspecified atom stereocenters. The van der Waals surface area contributed by atoms with Crippen LogP contribution >= 0.6 is 11.3 Å². The van der Waals surface area contributed by atoms with Gasteiger partial charge in [-0.15, -0.1) is 11.3 Å². The SMILES string of the molecule is Cc1nc(/C=C/C(=O)N[C@@H]2CCCC[C@@H](N3CCOCC3)[C@@H]2O)cs1. The number of morpholine rings is 1. The van der Waals surface area contributed by atoms with Gasteiger partial charge >= 0.3 is 0 Å². The molecule has 3 rings (SSSR count). The lowest BCUT2D eigenvalue weighted by Gasteiger charge is -2.38. The molecule has 1 aromatic rings. The van der Waals surface area contributed by atoms with Gasteiger partial charge in [-0.3, -0.25) is 9.69 Å². The average Bonchev–Trinajstić information content (AvgIpc) is 2.96. The lowest BCUT2D eigenvalue weighted by molar-refractivity contribution is -0.118. The van der Waals surface area contributed by atoms with Gasteiger partial charge in [-0.2, -0.15) is 0 Å². The molecule has 0 bridgehead atoms. The number of aryl methyl sites for hydroxylation is 1. The first-order valence-electron chi connectivity index (χ1n) is 9.04. The van der Waals surface area contributed by atoms with Crippen LogP contribution in [0.3, 0.4) is 0 Å². The zero-order chi connectivity index (χ0) is 17.6. The van der Waals surface area contributed by atoms with Crippen molar-refractivity contribution in [1.29, 1.82) is 0 Å². The van der Waals surface area contributed by atoms with Crippen molar-refractivity contribution < 1.29 is 14.6 Å². The Labute approximate surface area is 152 Å². The van der Waals surface area contributed by atoms with E-state index in [1.54, 1.807) is 17.4 Å². The Hall–Kier alpha value is -1.28. The second-order valence-corrected chi connectivity index (χ2v) is 7.79. The lowest BCUT2D eigenvalue weighted by Crippen LogP contribution is -2.55. The quantitative estimate of drug-likeness (QED) is 0.626. The normalized spacial score (nSPS) is 28.8. The third-order valence-electron chi connectivity index (χ3n) is 4.96. The second kappa shape index (κ2) is 8.89. The number of nitrogens with zero attached hydrogens (tertiary/aromatic N) is 2. The van der Waals surface area contributed by atoms with Crippen LogP contribution in [0, 0.1) is 6.92 Å². The third-order valence-corrected chi connectivity index (χ3v) is 5.75. The largest absolute Gasteiger partial charge is 0.389 e. The Morgan fingerprint density at radius 1 is 1.40 bits per heavy atom. The third kappa shape index (κ3) is 5.10. The van der Waals surface area contributed by atoms with Gasteiger partial charge < -0.3 is 15.2 Å². The monoisotopic (exact) mass is 365 g/mol. The number of hydrogen-bond acceptors (Lipinski definition) is 6. The summed E-state index contributed by atoms with van der Waals surface area (Å²) in [6.07, 6.45) is 6.59. The van der Waals surface area contributed by atoms with Gasteiger partial charge in [0.1, 0.15) is 0 Å². The van der Waals surface area contributed by atoms with Crippen molar-refractivity contribution in [1.82, 2.24) is 15.2 Å². The lowest BCUT2D eigenvalue weighted by atomic mass is 9.99. The van der Waals surface area contributed by atoms with Crippen LogP contribution in [0.5, 0.6) is 0 Å². The molecule has 1 saturated heterocycles. The number of rotatable bonds is 4. The zero-order valence-electron chi connectivity index (χ0n) is 14.7. The summed E-state index contributed by atoms with van der Waals surface area (Å²) in [5, 5.41) is 16.8. The molecule has 25 heavy (non-hydrogen) atoms. The van der Waals surface area contributed by atoms with Crippen LogP contribution in [-0.2, 0) is 9.53 Å². The highest BCUT2D eigenvalue weighted by Gasteiger charge is 2.34. The van der Waals surface area contributed by atoms with Crippen molar-refractivity contribution in [3.63, 3.8) is 0 Å². The van der Waals surface area contributed by atoms with Gasteiger partial charge in [-0.05, 0) is 25.8 Å². The number of aliphatic hydroxyl groups is 1. The number of carbonyl (C=O) groups excluding carboxylic acids is 1. The van der Waals surface area contributed by atoms with E-state index in [1.807, 2.05) is 12.3 Å². The minimum atomic E-state index is -0.542. The number of carbonyl (C=O) groups is 1. The fourth-order valence-corrected chi connectivity index (χ4v) is 4.22. The Balaban J connectivity index is 1.59. The zero-order valence-corrected chi connectivity index (χ0v) is 15.5. The summed E-state index contributed by atoms with van der Waals surface area (Å²) in [6, 6.07) is -0.105. The minimum Gasteiger partial charge on any atom is -0.389 e. The highest BCUT2D eigenvalue weighted by molar-refractivity contribution is 7.09. The highest BCUT2D eigenvalue weighted by atomic mass is 32.1. The molecule has 1 aliphatic carbocycles. The molecule has 1 amide bonds. The van der Waals surface area contributed by atoms with Gasteiger partial charge in [0.25, 0.3) is 0 Å². The number of hydrogen-bond donors (Lipinski definition) is 2. The highest BCUT2D eigenvalue weighted by Crippen LogP contribution is 2.24. The molecule has 7 heteroatoms. The van der Waals surface area contributed by atoms with E-state index >= 15 is 0 Å². The molecular weight excluding hydrogens is 338 g/mol. The van der Waals surface area contributed by atoms with Gasteiger partial charge in [0.15, 0.2) is 0 Å². The number of nitrogens with one attached hydrogen (secondary N) is 1. The molecule has 0 spiro atoms. The average molecular weight is 365 g/mol. The summed E-state index contributed by atoms with van der Waals surface area (Å²) in [4.78, 5) is 18.9. The number of thiazole rings is 1. The van der Waals surface area contributed by atoms with E-state index in [9.17, 15) is 9.90 Å². The first-order valence-corrected chi connectivity index (χ1v) is 9.92. The maximum atomic E-state index is 12.3. The molecule has 1 aromatic heterocycles. The van der Waals surface area contributed by atoms with Gasteiger partial charge in [-0.1, -0.05) is 12.8 Å². The summed E-state index contributed by atoms with van der Waals surface area (Å²) in [5.74, 6) is -0.169. The van der Waals surface area contributed by atoms with E-state index in [1.165, 1.54) is 6.08 Å². The first-order chi connectivity index (χ1) is 12.1. The van der Waals surface area contributed by atoms with Crippen molar-refractivity contribution in [2.24, 2.45) is 0 Å². The van der Waals surface area contributed by atoms with Crippen molar-refractivity contribution >= 4 is 23.3 Å². The topological polar surface area (TPSA) is 74.7 Å². The van der Waals surface area contributed by atoms with Crippen LogP contribution in [0.1, 0.15) is 36.4 Å². The Kier molecular flexibility index (Phi) is 6.58. The van der Waals surface area contributed by atoms with E-state index in [2.05, 4.69) is 15.2 Å². The van der Waals surface area contributed by atoms with Crippen molar-refractivity contribution in [2.75, 3.05) is 26.3 Å². The molecule has 6 nitrogen and oxygen atoms in total. The summed E-state index contributed by atoms with van der Waals surface area (Å²) < 4.78 is 5.42. The number of aromatic nitrogens is 1. The maximum absolute atomic E-state index is 12.3. The van der Waals surface area contributed by atoms with E-state index < -0.39 is 6.10 Å². The minimum absolute atomic E-state index is 0.0990. The fraction of sp³-hybridized carbons (Fsp3) is 0.667. The molecule has 3 atom stereocenters. The van der Waals surface area contributed by atoms with Crippen molar-refractivity contribution in [3.8, 4) is 0 Å². The maximum Gasteiger partial charge on any atom is 0.244 e. The van der Waals surface area contributed by atoms with Crippen molar-refractivity contribution in [3.05, 3.63) is 22.2 Å². The van der Waals surface area contributed by atoms with E-state index in [4.69, 9.17) is 4.74 Å². The Morgan fingerprint density at radius 2 is 2.16 bits per heavy atom. The molecule has 0 radical (unpaired) electrons.